The topological polar surface area (TPSA) is 92.4 Å². The smallest absolute Gasteiger partial charge is 0.319 e. The molecule has 34 heavy (non-hydrogen) atoms. The van der Waals surface area contributed by atoms with E-state index in [1.165, 1.54) is 23.5 Å². The molecule has 2 aromatic carbocycles. The monoisotopic (exact) mass is 502 g/mol. The number of para-hydroxylation sites is 1. The minimum absolute atomic E-state index is 0.104. The van der Waals surface area contributed by atoms with Gasteiger partial charge < -0.3 is 20.7 Å². The van der Waals surface area contributed by atoms with Crippen LogP contribution in [0.1, 0.15) is 41.2 Å². The third kappa shape index (κ3) is 6.45. The summed E-state index contributed by atoms with van der Waals surface area (Å²) in [6.45, 7) is 0.239. The average molecular weight is 503 g/mol. The summed E-state index contributed by atoms with van der Waals surface area (Å²) < 4.78 is 19.5. The number of benzene rings is 2. The summed E-state index contributed by atoms with van der Waals surface area (Å²) in [6.07, 6.45) is 3.31. The Bertz CT molecular complexity index is 1140. The van der Waals surface area contributed by atoms with Crippen LogP contribution in [0.25, 0.3) is 0 Å². The first-order valence-corrected chi connectivity index (χ1v) is 12.2. The van der Waals surface area contributed by atoms with E-state index in [2.05, 4.69) is 20.9 Å². The van der Waals surface area contributed by atoms with Gasteiger partial charge in [0.15, 0.2) is 0 Å². The van der Waals surface area contributed by atoms with Crippen LogP contribution in [-0.2, 0) is 6.61 Å². The normalized spacial score (nSPS) is 17.6. The van der Waals surface area contributed by atoms with Crippen LogP contribution in [0.15, 0.2) is 53.9 Å². The van der Waals surface area contributed by atoms with Gasteiger partial charge in [-0.3, -0.25) is 4.79 Å². The van der Waals surface area contributed by atoms with E-state index in [-0.39, 0.29) is 30.3 Å². The number of thiazole rings is 1. The third-order valence-corrected chi connectivity index (χ3v) is 6.56. The van der Waals surface area contributed by atoms with E-state index >= 15 is 0 Å². The lowest BCUT2D eigenvalue weighted by atomic mass is 9.90. The number of carbonyl (C=O) groups is 2. The molecule has 10 heteroatoms. The Labute approximate surface area is 205 Å². The van der Waals surface area contributed by atoms with Crippen LogP contribution >= 0.6 is 22.9 Å². The molecular weight excluding hydrogens is 479 g/mol. The number of carbonyl (C=O) groups excluding carboxylic acids is 2. The van der Waals surface area contributed by atoms with Crippen molar-refractivity contribution < 1.29 is 18.7 Å². The summed E-state index contributed by atoms with van der Waals surface area (Å²) in [5.74, 6) is -0.150. The Morgan fingerprint density at radius 1 is 1.06 bits per heavy atom. The van der Waals surface area contributed by atoms with E-state index in [0.29, 0.717) is 27.9 Å². The molecule has 0 spiro atoms. The molecule has 1 aromatic heterocycles. The molecule has 178 valence electrons. The van der Waals surface area contributed by atoms with Crippen LogP contribution in [0.5, 0.6) is 5.75 Å². The third-order valence-electron chi connectivity index (χ3n) is 5.48. The number of urea groups is 1. The lowest BCUT2D eigenvalue weighted by Crippen LogP contribution is -2.54. The van der Waals surface area contributed by atoms with Gasteiger partial charge in [-0.05, 0) is 49.2 Å². The van der Waals surface area contributed by atoms with Crippen LogP contribution in [0, 0.1) is 5.82 Å². The zero-order chi connectivity index (χ0) is 23.9. The molecule has 0 radical (unpaired) electrons. The molecule has 0 bridgehead atoms. The van der Waals surface area contributed by atoms with Crippen LogP contribution in [0.4, 0.5) is 14.9 Å². The molecule has 0 saturated heterocycles. The van der Waals surface area contributed by atoms with Crippen molar-refractivity contribution in [2.75, 3.05) is 5.32 Å². The Morgan fingerprint density at radius 2 is 1.76 bits per heavy atom. The van der Waals surface area contributed by atoms with Crippen molar-refractivity contribution in [3.63, 3.8) is 0 Å². The highest BCUT2D eigenvalue weighted by molar-refractivity contribution is 7.09. The van der Waals surface area contributed by atoms with E-state index in [9.17, 15) is 14.0 Å². The van der Waals surface area contributed by atoms with E-state index in [1.807, 2.05) is 0 Å². The highest BCUT2D eigenvalue weighted by atomic mass is 35.5. The van der Waals surface area contributed by atoms with Gasteiger partial charge in [-0.1, -0.05) is 36.6 Å². The first-order chi connectivity index (χ1) is 16.5. The number of nitrogens with one attached hydrogen (secondary N) is 3. The second kappa shape index (κ2) is 11.3. The van der Waals surface area contributed by atoms with Gasteiger partial charge in [0.25, 0.3) is 5.91 Å². The van der Waals surface area contributed by atoms with Gasteiger partial charge in [-0.2, -0.15) is 0 Å². The van der Waals surface area contributed by atoms with Gasteiger partial charge in [-0.15, -0.1) is 11.3 Å². The van der Waals surface area contributed by atoms with Crippen molar-refractivity contribution in [2.24, 2.45) is 0 Å². The lowest BCUT2D eigenvalue weighted by Gasteiger charge is -2.32. The number of hydrogen-bond acceptors (Lipinski definition) is 5. The molecule has 4 rings (SSSR count). The van der Waals surface area contributed by atoms with Crippen molar-refractivity contribution >= 4 is 40.6 Å². The highest BCUT2D eigenvalue weighted by Crippen LogP contribution is 2.21. The fourth-order valence-corrected chi connectivity index (χ4v) is 4.58. The van der Waals surface area contributed by atoms with Gasteiger partial charge in [0.2, 0.25) is 0 Å². The van der Waals surface area contributed by atoms with Crippen LogP contribution < -0.4 is 20.7 Å². The number of hydrogen-bond donors (Lipinski definition) is 3. The Balaban J connectivity index is 1.31. The Hall–Kier alpha value is -3.17. The summed E-state index contributed by atoms with van der Waals surface area (Å²) in [7, 11) is 0. The summed E-state index contributed by atoms with van der Waals surface area (Å²) in [6, 6.07) is 12.0. The molecule has 3 N–H and O–H groups in total. The maximum atomic E-state index is 13.8. The van der Waals surface area contributed by atoms with Gasteiger partial charge in [0, 0.05) is 16.4 Å². The van der Waals surface area contributed by atoms with Crippen LogP contribution in [0.2, 0.25) is 5.02 Å². The van der Waals surface area contributed by atoms with Crippen molar-refractivity contribution in [1.82, 2.24) is 15.6 Å². The highest BCUT2D eigenvalue weighted by Gasteiger charge is 2.29. The van der Waals surface area contributed by atoms with Gasteiger partial charge in [-0.25, -0.2) is 14.2 Å². The molecule has 1 aliphatic rings. The molecule has 2 atom stereocenters. The SMILES string of the molecule is O=C(Nc1ccccc1F)N[C@@H]1CCCC[C@@H]1NC(=O)c1csc(COc2ccc(Cl)cc2)n1. The summed E-state index contributed by atoms with van der Waals surface area (Å²) >= 11 is 7.21. The molecule has 0 aliphatic heterocycles. The fourth-order valence-electron chi connectivity index (χ4n) is 3.77. The summed E-state index contributed by atoms with van der Waals surface area (Å²) in [5, 5.41) is 11.4. The number of halogens is 2. The van der Waals surface area contributed by atoms with Crippen LogP contribution in [0.3, 0.4) is 0 Å². The van der Waals surface area contributed by atoms with E-state index in [0.717, 1.165) is 19.3 Å². The van der Waals surface area contributed by atoms with E-state index < -0.39 is 11.8 Å². The Kier molecular flexibility index (Phi) is 7.97. The number of amides is 3. The molecule has 1 saturated carbocycles. The van der Waals surface area contributed by atoms with E-state index in [4.69, 9.17) is 16.3 Å². The zero-order valence-corrected chi connectivity index (χ0v) is 19.8. The lowest BCUT2D eigenvalue weighted by molar-refractivity contribution is 0.0911. The molecule has 7 nitrogen and oxygen atoms in total. The number of ether oxygens (including phenoxy) is 1. The average Bonchev–Trinajstić information content (AvgIpc) is 3.31. The number of aromatic nitrogens is 1. The number of rotatable bonds is 7. The zero-order valence-electron chi connectivity index (χ0n) is 18.2. The van der Waals surface area contributed by atoms with Crippen molar-refractivity contribution in [2.45, 2.75) is 44.4 Å². The maximum Gasteiger partial charge on any atom is 0.319 e. The minimum Gasteiger partial charge on any atom is -0.486 e. The second-order valence-corrected chi connectivity index (χ2v) is 9.30. The number of nitrogens with zero attached hydrogens (tertiary/aromatic N) is 1. The molecule has 3 aromatic rings. The predicted molar refractivity (Wildman–Crippen MR) is 130 cm³/mol. The molecule has 1 aliphatic carbocycles. The maximum absolute atomic E-state index is 13.8. The minimum atomic E-state index is -0.509. The van der Waals surface area contributed by atoms with Crippen LogP contribution in [-0.4, -0.2) is 29.0 Å². The van der Waals surface area contributed by atoms with Gasteiger partial charge >= 0.3 is 6.03 Å². The molecule has 1 fully saturated rings. The first kappa shape index (κ1) is 24.0. The predicted octanol–water partition coefficient (Wildman–Crippen LogP) is 5.38. The summed E-state index contributed by atoms with van der Waals surface area (Å²) in [4.78, 5) is 29.6. The van der Waals surface area contributed by atoms with Crippen molar-refractivity contribution in [3.8, 4) is 5.75 Å². The standard InChI is InChI=1S/C24H24ClFN4O3S/c25-15-9-11-16(12-10-15)33-13-22-27-21(14-34-22)23(31)28-19-7-3-4-8-20(19)30-24(32)29-18-6-2-1-5-17(18)26/h1-2,5-6,9-12,14,19-20H,3-4,7-8,13H2,(H,28,31)(H2,29,30,32)/t19-,20+/m0/s1. The molecule has 1 heterocycles. The fraction of sp³-hybridized carbons (Fsp3) is 0.292. The molecular formula is C24H24ClFN4O3S. The van der Waals surface area contributed by atoms with E-state index in [1.54, 1.807) is 41.8 Å². The largest absolute Gasteiger partial charge is 0.486 e. The van der Waals surface area contributed by atoms with Crippen molar-refractivity contribution in [1.29, 1.82) is 0 Å². The number of anilines is 1. The molecule has 3 amide bonds. The second-order valence-electron chi connectivity index (χ2n) is 7.92. The summed E-state index contributed by atoms with van der Waals surface area (Å²) in [5.41, 5.74) is 0.409. The first-order valence-electron chi connectivity index (χ1n) is 10.9. The van der Waals surface area contributed by atoms with Crippen molar-refractivity contribution in [3.05, 3.63) is 75.5 Å². The quantitative estimate of drug-likeness (QED) is 0.404. The molecule has 0 unspecified atom stereocenters. The van der Waals surface area contributed by atoms with Gasteiger partial charge in [0.1, 0.15) is 28.9 Å². The Morgan fingerprint density at radius 3 is 2.50 bits per heavy atom. The van der Waals surface area contributed by atoms with Gasteiger partial charge in [0.05, 0.1) is 11.7 Å².